The molecule has 0 aromatic rings. The summed E-state index contributed by atoms with van der Waals surface area (Å²) in [7, 11) is -9.92. The normalized spacial score (nSPS) is 14.3. The van der Waals surface area contributed by atoms with Gasteiger partial charge < -0.3 is 33.8 Å². The van der Waals surface area contributed by atoms with Crippen molar-refractivity contribution < 1.29 is 80.2 Å². The number of aliphatic hydroxyl groups excluding tert-OH is 1. The smallest absolute Gasteiger partial charge is 0.462 e. The van der Waals surface area contributed by atoms with Crippen molar-refractivity contribution in [2.24, 2.45) is 23.7 Å². The summed E-state index contributed by atoms with van der Waals surface area (Å²) >= 11 is 0. The third-order valence-corrected chi connectivity index (χ3v) is 21.1. The van der Waals surface area contributed by atoms with E-state index in [0.29, 0.717) is 25.7 Å². The van der Waals surface area contributed by atoms with Crippen LogP contribution in [-0.4, -0.2) is 96.7 Å². The van der Waals surface area contributed by atoms with Gasteiger partial charge in [0.2, 0.25) is 0 Å². The average Bonchev–Trinajstić information content (AvgIpc) is 1.35. The zero-order chi connectivity index (χ0) is 73.8. The van der Waals surface area contributed by atoms with Gasteiger partial charge in [0, 0.05) is 25.7 Å². The van der Waals surface area contributed by atoms with Gasteiger partial charge in [-0.2, -0.15) is 0 Å². The lowest BCUT2D eigenvalue weighted by atomic mass is 10.00. The molecule has 0 saturated heterocycles. The summed E-state index contributed by atoms with van der Waals surface area (Å²) in [5, 5.41) is 10.6. The van der Waals surface area contributed by atoms with Gasteiger partial charge in [-0.05, 0) is 49.4 Å². The Morgan fingerprint density at radius 1 is 0.280 bits per heavy atom. The second kappa shape index (κ2) is 70.1. The summed E-state index contributed by atoms with van der Waals surface area (Å²) in [6.07, 6.45) is 57.0. The highest BCUT2D eigenvalue weighted by molar-refractivity contribution is 7.47. The number of phosphoric acid groups is 2. The molecule has 6 atom stereocenters. The standard InChI is InChI=1S/C81H158O17P2/c1-9-74(8)60-52-44-39-40-46-54-62-79(84)92-68-77(98-81(86)64-56-48-38-32-26-25-29-35-43-51-59-73(6)7)70-96-100(89,90)94-66-75(82)65-93-99(87,88)95-69-76(97-80(85)63-55-47-37-31-24-20-16-18-22-28-34-42-50-58-72(4)5)67-91-78(83)61-53-45-36-30-23-19-15-13-11-10-12-14-17-21-27-33-41-49-57-71(2)3/h71-77,82H,9-70H2,1-8H3,(H,87,88)(H,89,90)/t74?,75-,76-,77-/m1/s1. The SMILES string of the molecule is CCC(C)CCCCCCCCC(=O)OC[C@H](COP(=O)(O)OC[C@H](O)COP(=O)(O)OC[C@@H](COC(=O)CCCCCCCCCCCCCCCCCCCCC(C)C)OC(=O)CCCCCCCCCCCCCCCC(C)C)OC(=O)CCCCCCCCCCCCC(C)C. The summed E-state index contributed by atoms with van der Waals surface area (Å²) < 4.78 is 68.7. The highest BCUT2D eigenvalue weighted by Crippen LogP contribution is 2.45. The van der Waals surface area contributed by atoms with Crippen LogP contribution in [0.3, 0.4) is 0 Å². The van der Waals surface area contributed by atoms with Gasteiger partial charge in [0.05, 0.1) is 26.4 Å². The molecule has 0 amide bonds. The maximum Gasteiger partial charge on any atom is 0.472 e. The monoisotopic (exact) mass is 1470 g/mol. The first-order valence-electron chi connectivity index (χ1n) is 41.7. The van der Waals surface area contributed by atoms with E-state index in [9.17, 15) is 43.2 Å². The number of aliphatic hydroxyl groups is 1. The van der Waals surface area contributed by atoms with Crippen LogP contribution in [0.4, 0.5) is 0 Å². The molecule has 0 aromatic heterocycles. The van der Waals surface area contributed by atoms with Crippen LogP contribution in [-0.2, 0) is 65.4 Å². The molecule has 17 nitrogen and oxygen atoms in total. The van der Waals surface area contributed by atoms with Crippen LogP contribution >= 0.6 is 15.6 Å². The molecule has 0 bridgehead atoms. The van der Waals surface area contributed by atoms with E-state index in [0.717, 1.165) is 120 Å². The Balaban J connectivity index is 5.22. The minimum atomic E-state index is -4.96. The second-order valence-electron chi connectivity index (χ2n) is 30.8. The highest BCUT2D eigenvalue weighted by atomic mass is 31.2. The Kier molecular flexibility index (Phi) is 68.7. The first-order valence-corrected chi connectivity index (χ1v) is 44.7. The van der Waals surface area contributed by atoms with Gasteiger partial charge in [0.15, 0.2) is 12.2 Å². The molecule has 0 fully saturated rings. The number of carbonyl (C=O) groups excluding carboxylic acids is 4. The number of unbranched alkanes of at least 4 members (excludes halogenated alkanes) is 43. The third kappa shape index (κ3) is 73.0. The summed E-state index contributed by atoms with van der Waals surface area (Å²) in [6.45, 7) is 14.2. The van der Waals surface area contributed by atoms with Crippen LogP contribution in [0, 0.1) is 23.7 Å². The molecule has 0 aliphatic rings. The van der Waals surface area contributed by atoms with E-state index in [1.165, 1.54) is 212 Å². The van der Waals surface area contributed by atoms with Gasteiger partial charge in [-0.15, -0.1) is 0 Å². The van der Waals surface area contributed by atoms with Crippen molar-refractivity contribution in [1.29, 1.82) is 0 Å². The van der Waals surface area contributed by atoms with E-state index in [2.05, 4.69) is 55.4 Å². The first-order chi connectivity index (χ1) is 48.1. The Bertz CT molecular complexity index is 1960. The average molecular weight is 1470 g/mol. The van der Waals surface area contributed by atoms with Crippen LogP contribution in [0.25, 0.3) is 0 Å². The maximum atomic E-state index is 13.1. The Morgan fingerprint density at radius 3 is 0.710 bits per heavy atom. The van der Waals surface area contributed by atoms with Crippen LogP contribution in [0.2, 0.25) is 0 Å². The minimum Gasteiger partial charge on any atom is -0.462 e. The molecular weight excluding hydrogens is 1310 g/mol. The number of carbonyl (C=O) groups is 4. The van der Waals surface area contributed by atoms with Crippen LogP contribution in [0.15, 0.2) is 0 Å². The maximum absolute atomic E-state index is 13.1. The Hall–Kier alpha value is -1.94. The van der Waals surface area contributed by atoms with E-state index in [4.69, 9.17) is 37.0 Å². The second-order valence-corrected chi connectivity index (χ2v) is 33.7. The number of rotatable bonds is 78. The fraction of sp³-hybridized carbons (Fsp3) is 0.951. The molecular formula is C81H158O17P2. The first kappa shape index (κ1) is 98.1. The van der Waals surface area contributed by atoms with Crippen LogP contribution in [0.5, 0.6) is 0 Å². The Morgan fingerprint density at radius 2 is 0.480 bits per heavy atom. The van der Waals surface area contributed by atoms with Crippen molar-refractivity contribution in [3.8, 4) is 0 Å². The van der Waals surface area contributed by atoms with E-state index in [1.807, 2.05) is 0 Å². The lowest BCUT2D eigenvalue weighted by Gasteiger charge is -2.21. The van der Waals surface area contributed by atoms with E-state index in [1.54, 1.807) is 0 Å². The molecule has 3 unspecified atom stereocenters. The van der Waals surface area contributed by atoms with Gasteiger partial charge in [0.25, 0.3) is 0 Å². The molecule has 3 N–H and O–H groups in total. The molecule has 0 aliphatic carbocycles. The summed E-state index contributed by atoms with van der Waals surface area (Å²) in [6, 6.07) is 0. The van der Waals surface area contributed by atoms with Gasteiger partial charge >= 0.3 is 39.5 Å². The molecule has 19 heteroatoms. The predicted molar refractivity (Wildman–Crippen MR) is 409 cm³/mol. The van der Waals surface area contributed by atoms with Crippen molar-refractivity contribution >= 4 is 39.5 Å². The number of hydrogen-bond donors (Lipinski definition) is 3. The van der Waals surface area contributed by atoms with Crippen molar-refractivity contribution in [3.63, 3.8) is 0 Å². The van der Waals surface area contributed by atoms with Crippen LogP contribution < -0.4 is 0 Å². The highest BCUT2D eigenvalue weighted by Gasteiger charge is 2.30. The molecule has 100 heavy (non-hydrogen) atoms. The minimum absolute atomic E-state index is 0.105. The molecule has 0 aliphatic heterocycles. The topological polar surface area (TPSA) is 237 Å². The largest absolute Gasteiger partial charge is 0.472 e. The zero-order valence-corrected chi connectivity index (χ0v) is 67.6. The Labute approximate surface area is 613 Å². The molecule has 0 rings (SSSR count). The van der Waals surface area contributed by atoms with Gasteiger partial charge in [-0.25, -0.2) is 9.13 Å². The summed E-state index contributed by atoms with van der Waals surface area (Å²) in [5.41, 5.74) is 0. The molecule has 0 radical (unpaired) electrons. The predicted octanol–water partition coefficient (Wildman–Crippen LogP) is 24.0. The fourth-order valence-electron chi connectivity index (χ4n) is 12.4. The van der Waals surface area contributed by atoms with Crippen molar-refractivity contribution in [3.05, 3.63) is 0 Å². The van der Waals surface area contributed by atoms with E-state index in [-0.39, 0.29) is 25.7 Å². The number of esters is 4. The zero-order valence-electron chi connectivity index (χ0n) is 65.8. The quantitative estimate of drug-likeness (QED) is 0.0222. The van der Waals surface area contributed by atoms with Gasteiger partial charge in [-0.3, -0.25) is 37.3 Å². The number of hydrogen-bond acceptors (Lipinski definition) is 15. The molecule has 594 valence electrons. The third-order valence-electron chi connectivity index (χ3n) is 19.2. The van der Waals surface area contributed by atoms with Crippen molar-refractivity contribution in [2.75, 3.05) is 39.6 Å². The van der Waals surface area contributed by atoms with Crippen molar-refractivity contribution in [2.45, 2.75) is 433 Å². The molecule has 0 heterocycles. The van der Waals surface area contributed by atoms with E-state index >= 15 is 0 Å². The van der Waals surface area contributed by atoms with Gasteiger partial charge in [0.1, 0.15) is 19.3 Å². The fourth-order valence-corrected chi connectivity index (χ4v) is 14.0. The van der Waals surface area contributed by atoms with Gasteiger partial charge in [-0.1, -0.05) is 364 Å². The number of ether oxygens (including phenoxy) is 4. The summed E-state index contributed by atoms with van der Waals surface area (Å²) in [5.74, 6) is 0.977. The molecule has 0 spiro atoms. The molecule has 0 saturated carbocycles. The van der Waals surface area contributed by atoms with Crippen molar-refractivity contribution in [1.82, 2.24) is 0 Å². The lowest BCUT2D eigenvalue weighted by Crippen LogP contribution is -2.30. The molecule has 0 aromatic carbocycles. The summed E-state index contributed by atoms with van der Waals surface area (Å²) in [4.78, 5) is 73.0. The van der Waals surface area contributed by atoms with E-state index < -0.39 is 97.5 Å². The van der Waals surface area contributed by atoms with Crippen LogP contribution in [0.1, 0.15) is 415 Å². The lowest BCUT2D eigenvalue weighted by molar-refractivity contribution is -0.161. The number of phosphoric ester groups is 2.